The molecule has 0 radical (unpaired) electrons. The Morgan fingerprint density at radius 2 is 2.00 bits per heavy atom. The molecule has 1 fully saturated rings. The fourth-order valence-electron chi connectivity index (χ4n) is 3.15. The van der Waals surface area contributed by atoms with E-state index in [0.29, 0.717) is 35.3 Å². The van der Waals surface area contributed by atoms with Crippen LogP contribution in [0.25, 0.3) is 11.1 Å². The maximum atomic E-state index is 12.6. The third-order valence-electron chi connectivity index (χ3n) is 4.54. The standard InChI is InChI=1S/C19H17N3O4/c1-21-15-8-7-13(11-16(15)26-19(21)25)20-18(24)12-4-2-5-14(10-12)22-9-3-6-17(22)23/h2,4-5,7-8,10-11H,3,6,9H2,1H3,(H,20,24). The van der Waals surface area contributed by atoms with Gasteiger partial charge >= 0.3 is 5.76 Å². The monoisotopic (exact) mass is 351 g/mol. The molecule has 0 saturated carbocycles. The molecule has 26 heavy (non-hydrogen) atoms. The van der Waals surface area contributed by atoms with Crippen molar-refractivity contribution in [3.63, 3.8) is 0 Å². The van der Waals surface area contributed by atoms with Gasteiger partial charge in [0.25, 0.3) is 5.91 Å². The highest BCUT2D eigenvalue weighted by molar-refractivity contribution is 6.06. The topological polar surface area (TPSA) is 84.6 Å². The molecular formula is C19H17N3O4. The number of anilines is 2. The van der Waals surface area contributed by atoms with Crippen LogP contribution in [-0.2, 0) is 11.8 Å². The lowest BCUT2D eigenvalue weighted by molar-refractivity contribution is -0.117. The molecule has 1 saturated heterocycles. The maximum absolute atomic E-state index is 12.6. The van der Waals surface area contributed by atoms with Crippen molar-refractivity contribution in [2.75, 3.05) is 16.8 Å². The number of amides is 2. The van der Waals surface area contributed by atoms with Crippen LogP contribution in [0.4, 0.5) is 11.4 Å². The summed E-state index contributed by atoms with van der Waals surface area (Å²) in [7, 11) is 1.62. The fourth-order valence-corrected chi connectivity index (χ4v) is 3.15. The summed E-state index contributed by atoms with van der Waals surface area (Å²) in [5, 5.41) is 2.79. The molecule has 3 aromatic rings. The smallest absolute Gasteiger partial charge is 0.408 e. The van der Waals surface area contributed by atoms with Crippen molar-refractivity contribution in [2.45, 2.75) is 12.8 Å². The number of hydrogen-bond donors (Lipinski definition) is 1. The zero-order valence-electron chi connectivity index (χ0n) is 14.2. The minimum Gasteiger partial charge on any atom is -0.408 e. The van der Waals surface area contributed by atoms with Crippen LogP contribution < -0.4 is 16.0 Å². The third-order valence-corrected chi connectivity index (χ3v) is 4.54. The Morgan fingerprint density at radius 1 is 1.15 bits per heavy atom. The van der Waals surface area contributed by atoms with Crippen molar-refractivity contribution >= 4 is 34.3 Å². The zero-order chi connectivity index (χ0) is 18.3. The first-order valence-corrected chi connectivity index (χ1v) is 8.34. The first-order valence-electron chi connectivity index (χ1n) is 8.34. The van der Waals surface area contributed by atoms with E-state index < -0.39 is 5.76 Å². The van der Waals surface area contributed by atoms with Crippen molar-refractivity contribution in [3.8, 4) is 0 Å². The van der Waals surface area contributed by atoms with Gasteiger partial charge in [0, 0.05) is 43.0 Å². The molecule has 1 aliphatic heterocycles. The van der Waals surface area contributed by atoms with Gasteiger partial charge in [-0.1, -0.05) is 6.07 Å². The number of aryl methyl sites for hydroxylation is 1. The van der Waals surface area contributed by atoms with E-state index in [9.17, 15) is 14.4 Å². The molecule has 0 atom stereocenters. The molecule has 4 rings (SSSR count). The quantitative estimate of drug-likeness (QED) is 0.786. The average molecular weight is 351 g/mol. The predicted octanol–water partition coefficient (Wildman–Crippen LogP) is 2.51. The lowest BCUT2D eigenvalue weighted by atomic mass is 10.1. The van der Waals surface area contributed by atoms with Gasteiger partial charge in [-0.3, -0.25) is 14.2 Å². The summed E-state index contributed by atoms with van der Waals surface area (Å²) >= 11 is 0. The molecule has 2 aromatic carbocycles. The summed E-state index contributed by atoms with van der Waals surface area (Å²) in [6.45, 7) is 0.674. The Hall–Kier alpha value is -3.35. The van der Waals surface area contributed by atoms with Gasteiger partial charge in [-0.2, -0.15) is 0 Å². The highest BCUT2D eigenvalue weighted by Gasteiger charge is 2.22. The molecule has 7 nitrogen and oxygen atoms in total. The van der Waals surface area contributed by atoms with Crippen LogP contribution in [0.2, 0.25) is 0 Å². The van der Waals surface area contributed by atoms with Gasteiger partial charge in [0.15, 0.2) is 5.58 Å². The van der Waals surface area contributed by atoms with Gasteiger partial charge in [0.1, 0.15) is 0 Å². The van der Waals surface area contributed by atoms with Crippen LogP contribution in [0, 0.1) is 0 Å². The molecule has 7 heteroatoms. The minimum atomic E-state index is -0.452. The first-order chi connectivity index (χ1) is 12.5. The Balaban J connectivity index is 1.58. The second kappa shape index (κ2) is 6.18. The number of carbonyl (C=O) groups is 2. The number of carbonyl (C=O) groups excluding carboxylic acids is 2. The summed E-state index contributed by atoms with van der Waals surface area (Å²) in [6, 6.07) is 12.0. The van der Waals surface area contributed by atoms with E-state index in [4.69, 9.17) is 4.42 Å². The third kappa shape index (κ3) is 2.77. The maximum Gasteiger partial charge on any atom is 0.419 e. The van der Waals surface area contributed by atoms with E-state index in [-0.39, 0.29) is 11.8 Å². The van der Waals surface area contributed by atoms with Crippen molar-refractivity contribution < 1.29 is 14.0 Å². The van der Waals surface area contributed by atoms with Gasteiger partial charge in [0.05, 0.1) is 5.52 Å². The second-order valence-corrected chi connectivity index (χ2v) is 6.26. The fraction of sp³-hybridized carbons (Fsp3) is 0.211. The summed E-state index contributed by atoms with van der Waals surface area (Å²) in [5.41, 5.74) is 2.77. The van der Waals surface area contributed by atoms with E-state index >= 15 is 0 Å². The van der Waals surface area contributed by atoms with E-state index in [1.807, 2.05) is 6.07 Å². The highest BCUT2D eigenvalue weighted by Crippen LogP contribution is 2.23. The summed E-state index contributed by atoms with van der Waals surface area (Å²) in [4.78, 5) is 37.7. The zero-order valence-corrected chi connectivity index (χ0v) is 14.2. The minimum absolute atomic E-state index is 0.0760. The van der Waals surface area contributed by atoms with E-state index in [1.165, 1.54) is 4.57 Å². The molecule has 1 aromatic heterocycles. The summed E-state index contributed by atoms with van der Waals surface area (Å²) in [6.07, 6.45) is 1.37. The highest BCUT2D eigenvalue weighted by atomic mass is 16.4. The SMILES string of the molecule is Cn1c(=O)oc2cc(NC(=O)c3cccc(N4CCCC4=O)c3)ccc21. The number of nitrogens with one attached hydrogen (secondary N) is 1. The van der Waals surface area contributed by atoms with Crippen molar-refractivity contribution in [2.24, 2.45) is 7.05 Å². The molecule has 2 heterocycles. The molecule has 1 aliphatic rings. The number of nitrogens with zero attached hydrogens (tertiary/aromatic N) is 2. The Kier molecular flexibility index (Phi) is 3.84. The second-order valence-electron chi connectivity index (χ2n) is 6.26. The lowest BCUT2D eigenvalue weighted by Crippen LogP contribution is -2.24. The first kappa shape index (κ1) is 16.1. The molecule has 0 spiro atoms. The van der Waals surface area contributed by atoms with Crippen molar-refractivity contribution in [1.29, 1.82) is 0 Å². The van der Waals surface area contributed by atoms with Crippen molar-refractivity contribution in [3.05, 3.63) is 58.6 Å². The molecule has 2 amide bonds. The number of rotatable bonds is 3. The summed E-state index contributed by atoms with van der Waals surface area (Å²) in [5.74, 6) is -0.672. The number of aromatic nitrogens is 1. The van der Waals surface area contributed by atoms with Crippen LogP contribution in [0.1, 0.15) is 23.2 Å². The van der Waals surface area contributed by atoms with Gasteiger partial charge < -0.3 is 14.6 Å². The predicted molar refractivity (Wildman–Crippen MR) is 97.4 cm³/mol. The van der Waals surface area contributed by atoms with Crippen LogP contribution >= 0.6 is 0 Å². The largest absolute Gasteiger partial charge is 0.419 e. The van der Waals surface area contributed by atoms with Crippen LogP contribution in [0.5, 0.6) is 0 Å². The Labute approximate surface area is 148 Å². The molecular weight excluding hydrogens is 334 g/mol. The van der Waals surface area contributed by atoms with Gasteiger partial charge in [0.2, 0.25) is 5.91 Å². The van der Waals surface area contributed by atoms with Crippen molar-refractivity contribution in [1.82, 2.24) is 4.57 Å². The number of hydrogen-bond acceptors (Lipinski definition) is 4. The Bertz CT molecular complexity index is 1080. The van der Waals surface area contributed by atoms with Crippen LogP contribution in [-0.4, -0.2) is 22.9 Å². The molecule has 0 aliphatic carbocycles. The summed E-state index contributed by atoms with van der Waals surface area (Å²) < 4.78 is 6.54. The Morgan fingerprint density at radius 3 is 2.77 bits per heavy atom. The number of benzene rings is 2. The van der Waals surface area contributed by atoms with E-state index in [1.54, 1.807) is 48.3 Å². The van der Waals surface area contributed by atoms with Crippen LogP contribution in [0.3, 0.4) is 0 Å². The molecule has 0 bridgehead atoms. The lowest BCUT2D eigenvalue weighted by Gasteiger charge is -2.16. The van der Waals surface area contributed by atoms with Gasteiger partial charge in [-0.25, -0.2) is 4.79 Å². The number of oxazole rings is 1. The van der Waals surface area contributed by atoms with Gasteiger partial charge in [-0.05, 0) is 36.8 Å². The van der Waals surface area contributed by atoms with E-state index in [0.717, 1.165) is 12.1 Å². The van der Waals surface area contributed by atoms with Crippen LogP contribution in [0.15, 0.2) is 51.7 Å². The van der Waals surface area contributed by atoms with Gasteiger partial charge in [-0.15, -0.1) is 0 Å². The molecule has 132 valence electrons. The molecule has 0 unspecified atom stereocenters. The number of fused-ring (bicyclic) bond motifs is 1. The normalized spacial score (nSPS) is 14.2. The average Bonchev–Trinajstić information content (AvgIpc) is 3.18. The molecule has 1 N–H and O–H groups in total. The van der Waals surface area contributed by atoms with E-state index in [2.05, 4.69) is 5.32 Å².